The first-order chi connectivity index (χ1) is 26.0. The molecular weight excluding hydrogens is 705 g/mol. The Labute approximate surface area is 324 Å². The Bertz CT molecular complexity index is 1790. The summed E-state index contributed by atoms with van der Waals surface area (Å²) >= 11 is 0. The Hall–Kier alpha value is -3.71. The van der Waals surface area contributed by atoms with Crippen molar-refractivity contribution in [2.75, 3.05) is 13.7 Å². The van der Waals surface area contributed by atoms with E-state index < -0.39 is 47.3 Å². The molecule has 1 saturated heterocycles. The lowest BCUT2D eigenvalue weighted by Crippen LogP contribution is -2.75. The van der Waals surface area contributed by atoms with Gasteiger partial charge in [0.25, 0.3) is 16.6 Å². The minimum Gasteiger partial charge on any atom is -0.399 e. The van der Waals surface area contributed by atoms with Crippen molar-refractivity contribution < 1.29 is 28.2 Å². The van der Waals surface area contributed by atoms with Crippen LogP contribution in [0.5, 0.6) is 0 Å². The van der Waals surface area contributed by atoms with Crippen LogP contribution in [0.1, 0.15) is 47.1 Å². The van der Waals surface area contributed by atoms with E-state index in [1.165, 1.54) is 0 Å². The first kappa shape index (κ1) is 40.0. The van der Waals surface area contributed by atoms with Gasteiger partial charge >= 0.3 is 0 Å². The van der Waals surface area contributed by atoms with E-state index in [0.717, 1.165) is 26.3 Å². The van der Waals surface area contributed by atoms with Crippen molar-refractivity contribution >= 4 is 37.4 Å². The Morgan fingerprint density at radius 2 is 0.870 bits per heavy atom. The van der Waals surface area contributed by atoms with E-state index in [-0.39, 0.29) is 16.7 Å². The molecule has 0 spiro atoms. The summed E-state index contributed by atoms with van der Waals surface area (Å²) < 4.78 is 35.9. The molecule has 5 aromatic rings. The molecule has 0 amide bonds. The van der Waals surface area contributed by atoms with Crippen molar-refractivity contribution in [3.05, 3.63) is 157 Å². The first-order valence-electron chi connectivity index (χ1n) is 19.0. The van der Waals surface area contributed by atoms with Gasteiger partial charge in [-0.2, -0.15) is 0 Å². The number of hydrogen-bond acceptors (Lipinski definition) is 6. The summed E-state index contributed by atoms with van der Waals surface area (Å²) in [6, 6.07) is 52.5. The number of benzene rings is 5. The highest BCUT2D eigenvalue weighted by atomic mass is 28.4. The molecule has 1 aliphatic rings. The van der Waals surface area contributed by atoms with Crippen LogP contribution in [0.25, 0.3) is 0 Å². The molecule has 1 aliphatic heterocycles. The highest BCUT2D eigenvalue weighted by Crippen LogP contribution is 2.44. The van der Waals surface area contributed by atoms with Gasteiger partial charge in [-0.05, 0) is 36.4 Å². The van der Waals surface area contributed by atoms with Gasteiger partial charge in [-0.1, -0.05) is 193 Å². The first-order valence-corrected chi connectivity index (χ1v) is 22.8. The van der Waals surface area contributed by atoms with Crippen LogP contribution in [0.15, 0.2) is 152 Å². The fourth-order valence-corrected chi connectivity index (χ4v) is 17.6. The molecule has 0 aromatic heterocycles. The van der Waals surface area contributed by atoms with Crippen molar-refractivity contribution in [2.45, 2.75) is 88.9 Å². The van der Waals surface area contributed by atoms with Crippen LogP contribution >= 0.6 is 0 Å². The molecule has 6 nitrogen and oxygen atoms in total. The van der Waals surface area contributed by atoms with Crippen LogP contribution in [0, 0.1) is 0 Å². The maximum Gasteiger partial charge on any atom is 0.261 e. The van der Waals surface area contributed by atoms with E-state index in [1.807, 2.05) is 54.6 Å². The average Bonchev–Trinajstić information content (AvgIpc) is 3.19. The highest BCUT2D eigenvalue weighted by Gasteiger charge is 2.60. The summed E-state index contributed by atoms with van der Waals surface area (Å²) in [4.78, 5) is 0. The molecule has 0 saturated carbocycles. The minimum atomic E-state index is -3.23. The molecule has 0 unspecified atom stereocenters. The average molecular weight is 761 g/mol. The zero-order valence-electron chi connectivity index (χ0n) is 32.7. The van der Waals surface area contributed by atoms with Gasteiger partial charge in [-0.3, -0.25) is 0 Å². The molecule has 6 rings (SSSR count). The fraction of sp³-hybridized carbons (Fsp3) is 0.348. The number of aliphatic hydroxyl groups is 1. The molecule has 1 fully saturated rings. The summed E-state index contributed by atoms with van der Waals surface area (Å²) in [6.45, 7) is 13.6. The fourth-order valence-electron chi connectivity index (χ4n) is 8.23. The second kappa shape index (κ2) is 17.0. The molecule has 5 aromatic carbocycles. The Morgan fingerprint density at radius 3 is 1.20 bits per heavy atom. The van der Waals surface area contributed by atoms with Crippen molar-refractivity contribution in [2.24, 2.45) is 0 Å². The van der Waals surface area contributed by atoms with E-state index in [9.17, 15) is 5.11 Å². The second-order valence-corrected chi connectivity index (χ2v) is 24.7. The zero-order valence-corrected chi connectivity index (χ0v) is 34.7. The predicted octanol–water partition coefficient (Wildman–Crippen LogP) is 6.83. The number of ether oxygens (including phenoxy) is 3. The van der Waals surface area contributed by atoms with Crippen LogP contribution in [-0.4, -0.2) is 66.2 Å². The van der Waals surface area contributed by atoms with Gasteiger partial charge in [-0.15, -0.1) is 0 Å². The summed E-state index contributed by atoms with van der Waals surface area (Å²) in [5.41, 5.74) is 1.01. The summed E-state index contributed by atoms with van der Waals surface area (Å²) in [6.07, 6.45) is -3.82. The van der Waals surface area contributed by atoms with E-state index >= 15 is 0 Å². The number of methoxy groups -OCH3 is 1. The van der Waals surface area contributed by atoms with Gasteiger partial charge < -0.3 is 28.2 Å². The van der Waals surface area contributed by atoms with Crippen LogP contribution in [0.3, 0.4) is 0 Å². The zero-order chi connectivity index (χ0) is 38.4. The van der Waals surface area contributed by atoms with Gasteiger partial charge in [0.2, 0.25) is 0 Å². The second-order valence-electron chi connectivity index (χ2n) is 16.2. The molecule has 54 heavy (non-hydrogen) atoms. The summed E-state index contributed by atoms with van der Waals surface area (Å²) in [7, 11) is -4.79. The number of aliphatic hydroxyl groups excluding tert-OH is 1. The van der Waals surface area contributed by atoms with Crippen LogP contribution in [-0.2, 0) is 29.7 Å². The highest BCUT2D eigenvalue weighted by molar-refractivity contribution is 7.00. The molecule has 8 heteroatoms. The molecule has 0 bridgehead atoms. The van der Waals surface area contributed by atoms with E-state index in [1.54, 1.807) is 7.11 Å². The lowest BCUT2D eigenvalue weighted by atomic mass is 9.99. The van der Waals surface area contributed by atoms with Crippen LogP contribution < -0.4 is 20.7 Å². The van der Waals surface area contributed by atoms with Gasteiger partial charge in [0.15, 0.2) is 6.29 Å². The third-order valence-corrected chi connectivity index (χ3v) is 20.8. The predicted molar refractivity (Wildman–Crippen MR) is 223 cm³/mol. The molecule has 1 N–H and O–H groups in total. The molecule has 0 radical (unpaired) electrons. The monoisotopic (exact) mass is 760 g/mol. The summed E-state index contributed by atoms with van der Waals surface area (Å²) in [5.74, 6) is 0. The van der Waals surface area contributed by atoms with Gasteiger partial charge in [-0.25, -0.2) is 0 Å². The third-order valence-electron chi connectivity index (χ3n) is 10.7. The number of hydrogen-bond donors (Lipinski definition) is 1. The van der Waals surface area contributed by atoms with Gasteiger partial charge in [0.1, 0.15) is 24.4 Å². The molecular formula is C46H56O6Si2. The standard InChI is InChI=1S/C46H56O6Si2/c1-45(2,3)53(36-25-15-9-16-26-36,37-27-17-10-18-28-37)51-42-41(49-34-35-23-13-8-14-24-35)40(33-47)50-44(48-7)43(42)52-54(46(4,5)6,38-29-19-11-20-30-38)39-31-21-12-22-32-39/h8-32,40-44,47H,33-34H2,1-7H3/t40-,41-,42+,43-,44+/m1/s1. The maximum absolute atomic E-state index is 11.0. The molecule has 1 heterocycles. The van der Waals surface area contributed by atoms with E-state index in [0.29, 0.717) is 6.61 Å². The molecule has 284 valence electrons. The molecule has 5 atom stereocenters. The van der Waals surface area contributed by atoms with Crippen molar-refractivity contribution in [3.63, 3.8) is 0 Å². The van der Waals surface area contributed by atoms with E-state index in [4.69, 9.17) is 23.1 Å². The van der Waals surface area contributed by atoms with Crippen molar-refractivity contribution in [3.8, 4) is 0 Å². The Balaban J connectivity index is 1.62. The van der Waals surface area contributed by atoms with Crippen molar-refractivity contribution in [1.82, 2.24) is 0 Å². The quantitative estimate of drug-likeness (QED) is 0.133. The number of rotatable bonds is 13. The van der Waals surface area contributed by atoms with Crippen LogP contribution in [0.4, 0.5) is 0 Å². The Morgan fingerprint density at radius 1 is 0.519 bits per heavy atom. The Kier molecular flexibility index (Phi) is 12.6. The van der Waals surface area contributed by atoms with Crippen LogP contribution in [0.2, 0.25) is 10.1 Å². The van der Waals surface area contributed by atoms with E-state index in [2.05, 4.69) is 139 Å². The third kappa shape index (κ3) is 7.85. The lowest BCUT2D eigenvalue weighted by molar-refractivity contribution is -0.296. The van der Waals surface area contributed by atoms with Gasteiger partial charge in [0, 0.05) is 7.11 Å². The summed E-state index contributed by atoms with van der Waals surface area (Å²) in [5, 5.41) is 14.9. The molecule has 0 aliphatic carbocycles. The topological polar surface area (TPSA) is 66.4 Å². The van der Waals surface area contributed by atoms with Gasteiger partial charge in [0.05, 0.1) is 13.2 Å². The smallest absolute Gasteiger partial charge is 0.261 e. The normalized spacial score (nSPS) is 21.1. The SMILES string of the molecule is CO[C@H]1O[C@H](CO)[C@@H](OCc2ccccc2)[C@H](O[Si](c2ccccc2)(c2ccccc2)C(C)(C)C)[C@H]1O[Si](c1ccccc1)(c1ccccc1)C(C)(C)C. The maximum atomic E-state index is 11.0. The largest absolute Gasteiger partial charge is 0.399 e. The van der Waals surface area contributed by atoms with Crippen molar-refractivity contribution in [1.29, 1.82) is 0 Å². The lowest BCUT2D eigenvalue weighted by Gasteiger charge is -2.54. The minimum absolute atomic E-state index is 0.286.